The SMILES string of the molecule is ClC(Cl)(Cl)C(Cl)(Cl)Cl.FC(F)(F)C(Cl)(Cl)Cl. The molecule has 0 spiro atoms. The fourth-order valence-electron chi connectivity index (χ4n) is 0. The first-order chi connectivity index (χ1) is 6.50. The molecule has 0 aliphatic carbocycles. The van der Waals surface area contributed by atoms with Gasteiger partial charge in [-0.2, -0.15) is 13.2 Å². The molecule has 12 heteroatoms. The molecule has 0 nitrogen and oxygen atoms in total. The van der Waals surface area contributed by atoms with E-state index < -0.39 is 17.6 Å². The van der Waals surface area contributed by atoms with Gasteiger partial charge in [0, 0.05) is 0 Å². The molecule has 0 aliphatic rings. The largest absolute Gasteiger partial charge is 0.435 e. The molecule has 0 N–H and O–H groups in total. The first-order valence-corrected chi connectivity index (χ1v) is 6.17. The van der Waals surface area contributed by atoms with E-state index in [2.05, 4.69) is 34.8 Å². The smallest absolute Gasteiger partial charge is 0.166 e. The Morgan fingerprint density at radius 3 is 0.562 bits per heavy atom. The molecule has 0 heterocycles. The summed E-state index contributed by atoms with van der Waals surface area (Å²) in [6.45, 7) is 0. The first-order valence-electron chi connectivity index (χ1n) is 2.77. The minimum absolute atomic E-state index is 1.85. The lowest BCUT2D eigenvalue weighted by Crippen LogP contribution is -2.27. The molecule has 0 atom stereocenters. The predicted molar refractivity (Wildman–Crippen MR) is 66.9 cm³/mol. The van der Waals surface area contributed by atoms with E-state index in [9.17, 15) is 13.2 Å². The van der Waals surface area contributed by atoms with Crippen LogP contribution in [-0.2, 0) is 0 Å². The third-order valence-electron chi connectivity index (χ3n) is 0.643. The van der Waals surface area contributed by atoms with Crippen LogP contribution in [0.2, 0.25) is 0 Å². The van der Waals surface area contributed by atoms with E-state index in [-0.39, 0.29) is 0 Å². The van der Waals surface area contributed by atoms with Gasteiger partial charge in [-0.05, 0) is 0 Å². The molecule has 0 amide bonds. The van der Waals surface area contributed by atoms with Crippen LogP contribution in [0.3, 0.4) is 0 Å². The van der Waals surface area contributed by atoms with E-state index in [0.29, 0.717) is 0 Å². The minimum Gasteiger partial charge on any atom is -0.166 e. The standard InChI is InChI=1S/C2Cl6.C2Cl3F3/c2*3-1(4,5)2(6,7)8. The van der Waals surface area contributed by atoms with Crippen molar-refractivity contribution in [3.8, 4) is 0 Å². The average Bonchev–Trinajstić information content (AvgIpc) is 1.77. The van der Waals surface area contributed by atoms with Gasteiger partial charge in [0.2, 0.25) is 7.59 Å². The van der Waals surface area contributed by atoms with Crippen LogP contribution < -0.4 is 0 Å². The third kappa shape index (κ3) is 9.35. The van der Waals surface area contributed by atoms with Crippen molar-refractivity contribution >= 4 is 104 Å². The van der Waals surface area contributed by atoms with Crippen molar-refractivity contribution in [3.63, 3.8) is 0 Å². The Balaban J connectivity index is 0. The van der Waals surface area contributed by atoms with Crippen LogP contribution in [0, 0.1) is 0 Å². The summed E-state index contributed by atoms with van der Waals surface area (Å²) in [5, 5.41) is 0. The highest BCUT2D eigenvalue weighted by atomic mass is 35.6. The second-order valence-corrected chi connectivity index (χ2v) is 8.83. The van der Waals surface area contributed by atoms with E-state index in [4.69, 9.17) is 69.6 Å². The molecule has 100 valence electrons. The van der Waals surface area contributed by atoms with Gasteiger partial charge in [0.15, 0.2) is 0 Å². The molecular weight excluding hydrogens is 424 g/mol. The van der Waals surface area contributed by atoms with E-state index >= 15 is 0 Å². The van der Waals surface area contributed by atoms with Crippen LogP contribution in [0.15, 0.2) is 0 Å². The maximum Gasteiger partial charge on any atom is 0.435 e. The van der Waals surface area contributed by atoms with Crippen molar-refractivity contribution < 1.29 is 13.2 Å². The Bertz CT molecular complexity index is 157. The number of alkyl halides is 12. The van der Waals surface area contributed by atoms with Crippen LogP contribution in [0.1, 0.15) is 0 Å². The summed E-state index contributed by atoms with van der Waals surface area (Å²) in [7, 11) is 0. The van der Waals surface area contributed by atoms with Crippen molar-refractivity contribution in [1.82, 2.24) is 0 Å². The van der Waals surface area contributed by atoms with Gasteiger partial charge in [0.1, 0.15) is 0 Å². The minimum atomic E-state index is -4.77. The Hall–Kier alpha value is 2.40. The highest BCUT2D eigenvalue weighted by molar-refractivity contribution is 6.83. The molecule has 0 rings (SSSR count). The molecule has 16 heavy (non-hydrogen) atoms. The van der Waals surface area contributed by atoms with Gasteiger partial charge >= 0.3 is 6.18 Å². The van der Waals surface area contributed by atoms with Crippen molar-refractivity contribution in [2.24, 2.45) is 0 Å². The lowest BCUT2D eigenvalue weighted by molar-refractivity contribution is -0.124. The zero-order chi connectivity index (χ0) is 14.0. The number of halogens is 12. The highest BCUT2D eigenvalue weighted by Gasteiger charge is 2.51. The van der Waals surface area contributed by atoms with Gasteiger partial charge in [0.05, 0.1) is 0 Å². The predicted octanol–water partition coefficient (Wildman–Crippen LogP) is 6.65. The molecule has 0 unspecified atom stereocenters. The van der Waals surface area contributed by atoms with Crippen LogP contribution in [0.25, 0.3) is 0 Å². The summed E-state index contributed by atoms with van der Waals surface area (Å²) in [6, 6.07) is 0. The van der Waals surface area contributed by atoms with E-state index in [1.807, 2.05) is 0 Å². The molecule has 0 aromatic heterocycles. The summed E-state index contributed by atoms with van der Waals surface area (Å²) in [5.41, 5.74) is 0. The zero-order valence-corrected chi connectivity index (χ0v) is 13.3. The van der Waals surface area contributed by atoms with Crippen molar-refractivity contribution in [2.45, 2.75) is 17.6 Å². The molecule has 0 aromatic carbocycles. The molecular formula is C4Cl9F3. The van der Waals surface area contributed by atoms with Gasteiger partial charge in [-0.15, -0.1) is 0 Å². The Kier molecular flexibility index (Phi) is 8.69. The first kappa shape index (κ1) is 20.7. The molecule has 0 aromatic rings. The lowest BCUT2D eigenvalue weighted by Gasteiger charge is -2.19. The van der Waals surface area contributed by atoms with Crippen LogP contribution >= 0.6 is 104 Å². The third-order valence-corrected chi connectivity index (χ3v) is 3.86. The second kappa shape index (κ2) is 6.71. The van der Waals surface area contributed by atoms with Crippen molar-refractivity contribution in [3.05, 3.63) is 0 Å². The van der Waals surface area contributed by atoms with Crippen LogP contribution in [0.5, 0.6) is 0 Å². The summed E-state index contributed by atoms with van der Waals surface area (Å²) >= 11 is 44.1. The molecule has 0 radical (unpaired) electrons. The topological polar surface area (TPSA) is 0 Å². The Labute approximate surface area is 134 Å². The normalized spacial score (nSPS) is 14.2. The number of hydrogen-bond acceptors (Lipinski definition) is 0. The number of hydrogen-bond donors (Lipinski definition) is 0. The van der Waals surface area contributed by atoms with Gasteiger partial charge in [-0.3, -0.25) is 0 Å². The Morgan fingerprint density at radius 1 is 0.438 bits per heavy atom. The van der Waals surface area contributed by atoms with Gasteiger partial charge in [-0.1, -0.05) is 104 Å². The lowest BCUT2D eigenvalue weighted by atomic mass is 10.8. The van der Waals surface area contributed by atoms with Gasteiger partial charge < -0.3 is 0 Å². The van der Waals surface area contributed by atoms with Crippen molar-refractivity contribution in [1.29, 1.82) is 0 Å². The monoisotopic (exact) mass is 420 g/mol. The van der Waals surface area contributed by atoms with Crippen LogP contribution in [0.4, 0.5) is 13.2 Å². The van der Waals surface area contributed by atoms with Crippen LogP contribution in [-0.4, -0.2) is 17.6 Å². The Morgan fingerprint density at radius 2 is 0.562 bits per heavy atom. The summed E-state index contributed by atoms with van der Waals surface area (Å²) in [4.78, 5) is 0. The van der Waals surface area contributed by atoms with Gasteiger partial charge in [0.25, 0.3) is 3.79 Å². The molecule has 0 saturated heterocycles. The average molecular weight is 424 g/mol. The van der Waals surface area contributed by atoms with E-state index in [0.717, 1.165) is 0 Å². The maximum atomic E-state index is 11.2. The quantitative estimate of drug-likeness (QED) is 0.383. The molecule has 0 saturated carbocycles. The zero-order valence-electron chi connectivity index (χ0n) is 6.54. The van der Waals surface area contributed by atoms with Crippen molar-refractivity contribution in [2.75, 3.05) is 0 Å². The summed E-state index contributed by atoms with van der Waals surface area (Å²) < 4.78 is 26.7. The maximum absolute atomic E-state index is 11.2. The van der Waals surface area contributed by atoms with E-state index in [1.165, 1.54) is 0 Å². The van der Waals surface area contributed by atoms with Gasteiger partial charge in [-0.25, -0.2) is 0 Å². The number of rotatable bonds is 0. The summed E-state index contributed by atoms with van der Waals surface area (Å²) in [5.74, 6) is 0. The second-order valence-electron chi connectivity index (χ2n) is 1.99. The molecule has 0 aliphatic heterocycles. The summed E-state index contributed by atoms with van der Waals surface area (Å²) in [6.07, 6.45) is -4.77. The molecule has 0 fully saturated rings. The fraction of sp³-hybridized carbons (Fsp3) is 1.00. The van der Waals surface area contributed by atoms with E-state index in [1.54, 1.807) is 0 Å². The molecule has 0 bridgehead atoms. The fourth-order valence-corrected chi connectivity index (χ4v) is 0. The highest BCUT2D eigenvalue weighted by Crippen LogP contribution is 2.48.